The molecule has 0 bridgehead atoms. The summed E-state index contributed by atoms with van der Waals surface area (Å²) in [4.78, 5) is 16.7. The number of carbonyl (C=O) groups is 1. The minimum absolute atomic E-state index is 0. The van der Waals surface area contributed by atoms with Gasteiger partial charge < -0.3 is 5.73 Å². The molecule has 1 aliphatic carbocycles. The standard InChI is InChI=1S/C25H25ClN2O.ClH/c1-25(2,24(27)29)19-11-9-16(10-12-19)13-18-15-23(17-5-3-6-20(26)14-17)28-22-8-4-7-21(18)22;/h3,5-6,9-12,14-15H,4,7-8,13H2,1-2H3,(H2,27,29);1H. The zero-order valence-electron chi connectivity index (χ0n) is 17.2. The number of primary amides is 1. The highest BCUT2D eigenvalue weighted by molar-refractivity contribution is 6.30. The van der Waals surface area contributed by atoms with Crippen molar-refractivity contribution in [3.05, 3.63) is 87.6 Å². The van der Waals surface area contributed by atoms with Crippen molar-refractivity contribution in [2.24, 2.45) is 5.73 Å². The predicted octanol–water partition coefficient (Wildman–Crippen LogP) is 5.67. The summed E-state index contributed by atoms with van der Waals surface area (Å²) in [6, 6.07) is 18.3. The Morgan fingerprint density at radius 2 is 1.83 bits per heavy atom. The predicted molar refractivity (Wildman–Crippen MR) is 125 cm³/mol. The Morgan fingerprint density at radius 3 is 2.50 bits per heavy atom. The van der Waals surface area contributed by atoms with Crippen molar-refractivity contribution in [2.45, 2.75) is 44.9 Å². The van der Waals surface area contributed by atoms with E-state index in [2.05, 4.69) is 24.3 Å². The molecule has 1 aliphatic rings. The first kappa shape index (κ1) is 22.3. The van der Waals surface area contributed by atoms with Crippen molar-refractivity contribution in [2.75, 3.05) is 0 Å². The minimum atomic E-state index is -0.670. The van der Waals surface area contributed by atoms with Crippen LogP contribution in [0, 0.1) is 0 Å². The number of fused-ring (bicyclic) bond motifs is 1. The van der Waals surface area contributed by atoms with Crippen molar-refractivity contribution in [1.29, 1.82) is 0 Å². The minimum Gasteiger partial charge on any atom is -0.369 e. The van der Waals surface area contributed by atoms with Crippen molar-refractivity contribution >= 4 is 29.9 Å². The number of amides is 1. The van der Waals surface area contributed by atoms with Gasteiger partial charge in [-0.05, 0) is 80.0 Å². The summed E-state index contributed by atoms with van der Waals surface area (Å²) < 4.78 is 0. The first-order chi connectivity index (χ1) is 13.8. The largest absolute Gasteiger partial charge is 0.369 e. The van der Waals surface area contributed by atoms with Crippen molar-refractivity contribution in [3.63, 3.8) is 0 Å². The molecule has 3 nitrogen and oxygen atoms in total. The maximum Gasteiger partial charge on any atom is 0.227 e. The summed E-state index contributed by atoms with van der Waals surface area (Å²) in [6.45, 7) is 3.72. The molecule has 5 heteroatoms. The Hall–Kier alpha value is -2.36. The lowest BCUT2D eigenvalue weighted by atomic mass is 9.83. The Kier molecular flexibility index (Phi) is 6.54. The Bertz CT molecular complexity index is 1080. The second-order valence-electron chi connectivity index (χ2n) is 8.32. The van der Waals surface area contributed by atoms with Crippen LogP contribution in [0.25, 0.3) is 11.3 Å². The highest BCUT2D eigenvalue weighted by atomic mass is 35.5. The smallest absolute Gasteiger partial charge is 0.227 e. The van der Waals surface area contributed by atoms with Gasteiger partial charge in [0.25, 0.3) is 0 Å². The number of aromatic nitrogens is 1. The number of hydrogen-bond acceptors (Lipinski definition) is 2. The molecule has 0 unspecified atom stereocenters. The van der Waals surface area contributed by atoms with Crippen LogP contribution in [-0.4, -0.2) is 10.9 Å². The van der Waals surface area contributed by atoms with E-state index in [9.17, 15) is 4.79 Å². The van der Waals surface area contributed by atoms with E-state index >= 15 is 0 Å². The molecule has 0 atom stereocenters. The van der Waals surface area contributed by atoms with E-state index in [1.165, 1.54) is 22.4 Å². The Morgan fingerprint density at radius 1 is 1.10 bits per heavy atom. The molecule has 1 amide bonds. The fourth-order valence-electron chi connectivity index (χ4n) is 3.98. The number of benzene rings is 2. The van der Waals surface area contributed by atoms with Gasteiger partial charge in [0.1, 0.15) is 0 Å². The average Bonchev–Trinajstić information content (AvgIpc) is 3.17. The molecule has 0 saturated carbocycles. The van der Waals surface area contributed by atoms with Crippen LogP contribution in [0.5, 0.6) is 0 Å². The van der Waals surface area contributed by atoms with Gasteiger partial charge in [-0.3, -0.25) is 9.78 Å². The summed E-state index contributed by atoms with van der Waals surface area (Å²) in [5, 5.41) is 0.721. The Balaban J connectivity index is 0.00000256. The molecule has 0 aliphatic heterocycles. The van der Waals surface area contributed by atoms with Crippen molar-refractivity contribution in [1.82, 2.24) is 4.98 Å². The van der Waals surface area contributed by atoms with Gasteiger partial charge in [-0.25, -0.2) is 0 Å². The number of nitrogens with zero attached hydrogens (tertiary/aromatic N) is 1. The van der Waals surface area contributed by atoms with E-state index in [-0.39, 0.29) is 18.3 Å². The molecule has 2 aromatic carbocycles. The molecule has 4 rings (SSSR count). The van der Waals surface area contributed by atoms with Crippen LogP contribution in [0.15, 0.2) is 54.6 Å². The van der Waals surface area contributed by atoms with E-state index in [1.54, 1.807) is 0 Å². The molecule has 0 saturated heterocycles. The molecule has 30 heavy (non-hydrogen) atoms. The lowest BCUT2D eigenvalue weighted by molar-refractivity contribution is -0.122. The van der Waals surface area contributed by atoms with Gasteiger partial charge in [-0.15, -0.1) is 12.4 Å². The van der Waals surface area contributed by atoms with E-state index in [0.717, 1.165) is 47.5 Å². The normalized spacial score (nSPS) is 12.9. The third-order valence-electron chi connectivity index (χ3n) is 5.95. The van der Waals surface area contributed by atoms with Crippen LogP contribution < -0.4 is 5.73 Å². The fourth-order valence-corrected chi connectivity index (χ4v) is 4.17. The number of rotatable bonds is 5. The molecule has 1 heterocycles. The third kappa shape index (κ3) is 4.38. The number of hydrogen-bond donors (Lipinski definition) is 1. The van der Waals surface area contributed by atoms with Gasteiger partial charge in [0.05, 0.1) is 11.1 Å². The van der Waals surface area contributed by atoms with Crippen LogP contribution in [-0.2, 0) is 29.5 Å². The summed E-state index contributed by atoms with van der Waals surface area (Å²) in [5.41, 5.74) is 13.0. The van der Waals surface area contributed by atoms with Gasteiger partial charge in [0.15, 0.2) is 0 Å². The second kappa shape index (κ2) is 8.79. The van der Waals surface area contributed by atoms with E-state index < -0.39 is 5.41 Å². The van der Waals surface area contributed by atoms with Gasteiger partial charge in [-0.2, -0.15) is 0 Å². The van der Waals surface area contributed by atoms with E-state index in [4.69, 9.17) is 22.3 Å². The van der Waals surface area contributed by atoms with Gasteiger partial charge in [0, 0.05) is 16.3 Å². The molecular formula is C25H26Cl2N2O. The van der Waals surface area contributed by atoms with Gasteiger partial charge >= 0.3 is 0 Å². The zero-order valence-corrected chi connectivity index (χ0v) is 18.8. The monoisotopic (exact) mass is 440 g/mol. The quantitative estimate of drug-likeness (QED) is 0.555. The number of carbonyl (C=O) groups excluding carboxylic acids is 1. The van der Waals surface area contributed by atoms with E-state index in [0.29, 0.717) is 0 Å². The molecule has 0 spiro atoms. The zero-order chi connectivity index (χ0) is 20.6. The van der Waals surface area contributed by atoms with Gasteiger partial charge in [0.2, 0.25) is 5.91 Å². The number of halogens is 2. The summed E-state index contributed by atoms with van der Waals surface area (Å²) >= 11 is 6.19. The van der Waals surface area contributed by atoms with E-state index in [1.807, 2.05) is 44.2 Å². The molecule has 0 fully saturated rings. The Labute approximate surface area is 189 Å². The molecule has 156 valence electrons. The van der Waals surface area contributed by atoms with Crippen LogP contribution in [0.2, 0.25) is 5.02 Å². The summed E-state index contributed by atoms with van der Waals surface area (Å²) in [5.74, 6) is -0.316. The average molecular weight is 441 g/mol. The highest BCUT2D eigenvalue weighted by Gasteiger charge is 2.27. The van der Waals surface area contributed by atoms with Crippen molar-refractivity contribution < 1.29 is 4.79 Å². The van der Waals surface area contributed by atoms with Crippen LogP contribution in [0.1, 0.15) is 48.2 Å². The number of nitrogens with two attached hydrogens (primary N) is 1. The topological polar surface area (TPSA) is 56.0 Å². The van der Waals surface area contributed by atoms with Gasteiger partial charge in [-0.1, -0.05) is 48.0 Å². The SMILES string of the molecule is CC(C)(C(N)=O)c1ccc(Cc2cc(-c3cccc(Cl)c3)nc3c2CCC3)cc1.Cl. The lowest BCUT2D eigenvalue weighted by Crippen LogP contribution is -2.35. The molecule has 3 aromatic rings. The summed E-state index contributed by atoms with van der Waals surface area (Å²) in [7, 11) is 0. The van der Waals surface area contributed by atoms with Crippen molar-refractivity contribution in [3.8, 4) is 11.3 Å². The number of aryl methyl sites for hydroxylation is 1. The highest BCUT2D eigenvalue weighted by Crippen LogP contribution is 2.31. The van der Waals surface area contributed by atoms with Crippen LogP contribution in [0.3, 0.4) is 0 Å². The third-order valence-corrected chi connectivity index (χ3v) is 6.18. The lowest BCUT2D eigenvalue weighted by Gasteiger charge is -2.21. The van der Waals surface area contributed by atoms with Crippen LogP contribution >= 0.6 is 24.0 Å². The fraction of sp³-hybridized carbons (Fsp3) is 0.280. The first-order valence-corrected chi connectivity index (χ1v) is 10.4. The first-order valence-electron chi connectivity index (χ1n) is 10.0. The molecular weight excluding hydrogens is 415 g/mol. The number of pyridine rings is 1. The maximum absolute atomic E-state index is 11.7. The van der Waals surface area contributed by atoms with Crippen LogP contribution in [0.4, 0.5) is 0 Å². The molecule has 0 radical (unpaired) electrons. The molecule has 2 N–H and O–H groups in total. The molecule has 1 aromatic heterocycles. The second-order valence-corrected chi connectivity index (χ2v) is 8.76. The summed E-state index contributed by atoms with van der Waals surface area (Å²) in [6.07, 6.45) is 4.11. The maximum atomic E-state index is 11.7.